The van der Waals surface area contributed by atoms with Crippen LogP contribution in [-0.2, 0) is 24.3 Å². The van der Waals surface area contributed by atoms with Gasteiger partial charge in [-0.1, -0.05) is 13.8 Å². The highest BCUT2D eigenvalue weighted by atomic mass is 32.2. The van der Waals surface area contributed by atoms with E-state index in [2.05, 4.69) is 11.6 Å². The predicted octanol–water partition coefficient (Wildman–Crippen LogP) is 0.780. The van der Waals surface area contributed by atoms with E-state index in [1.165, 1.54) is 0 Å². The third-order valence-electron chi connectivity index (χ3n) is 6.04. The highest BCUT2D eigenvalue weighted by Crippen LogP contribution is 2.59. The fourth-order valence-electron chi connectivity index (χ4n) is 4.99. The molecular formula is C15H23NO5S. The van der Waals surface area contributed by atoms with Gasteiger partial charge in [0.05, 0.1) is 18.1 Å². The molecule has 3 fully saturated rings. The Morgan fingerprint density at radius 3 is 2.36 bits per heavy atom. The Morgan fingerprint density at radius 1 is 1.18 bits per heavy atom. The zero-order valence-electron chi connectivity index (χ0n) is 13.1. The summed E-state index contributed by atoms with van der Waals surface area (Å²) in [5.41, 5.74) is 0. The summed E-state index contributed by atoms with van der Waals surface area (Å²) in [5.74, 6) is -0.00728. The van der Waals surface area contributed by atoms with E-state index in [4.69, 9.17) is 4.74 Å². The van der Waals surface area contributed by atoms with Gasteiger partial charge >= 0.3 is 11.9 Å². The van der Waals surface area contributed by atoms with Gasteiger partial charge in [0.15, 0.2) is 0 Å². The second kappa shape index (κ2) is 5.30. The number of fused-ring (bicyclic) bond motifs is 2. The number of rotatable bonds is 4. The van der Waals surface area contributed by atoms with E-state index in [-0.39, 0.29) is 23.7 Å². The van der Waals surface area contributed by atoms with Crippen molar-refractivity contribution < 1.29 is 22.7 Å². The zero-order chi connectivity index (χ0) is 16.2. The lowest BCUT2D eigenvalue weighted by Gasteiger charge is -2.37. The summed E-state index contributed by atoms with van der Waals surface area (Å²) in [6, 6.07) is 0. The summed E-state index contributed by atoms with van der Waals surface area (Å²) in [7, 11) is -3.20. The van der Waals surface area contributed by atoms with Crippen molar-refractivity contribution in [2.24, 2.45) is 41.4 Å². The van der Waals surface area contributed by atoms with Crippen LogP contribution in [-0.4, -0.2) is 33.2 Å². The maximum Gasteiger partial charge on any atom is 0.317 e. The van der Waals surface area contributed by atoms with E-state index in [1.54, 1.807) is 6.92 Å². The van der Waals surface area contributed by atoms with Crippen molar-refractivity contribution in [3.8, 4) is 0 Å². The van der Waals surface area contributed by atoms with E-state index in [1.807, 2.05) is 0 Å². The van der Waals surface area contributed by atoms with Crippen molar-refractivity contribution in [2.75, 3.05) is 12.8 Å². The average molecular weight is 329 g/mol. The van der Waals surface area contributed by atoms with E-state index >= 15 is 0 Å². The van der Waals surface area contributed by atoms with Gasteiger partial charge in [0.25, 0.3) is 0 Å². The van der Waals surface area contributed by atoms with Gasteiger partial charge in [-0.25, -0.2) is 13.1 Å². The lowest BCUT2D eigenvalue weighted by Crippen LogP contribution is -2.40. The molecule has 3 rings (SSSR count). The van der Waals surface area contributed by atoms with Crippen LogP contribution in [0.2, 0.25) is 0 Å². The van der Waals surface area contributed by atoms with Crippen LogP contribution in [0.1, 0.15) is 26.7 Å². The van der Waals surface area contributed by atoms with Crippen LogP contribution in [0.4, 0.5) is 0 Å². The van der Waals surface area contributed by atoms with Crippen molar-refractivity contribution in [1.29, 1.82) is 0 Å². The van der Waals surface area contributed by atoms with Crippen molar-refractivity contribution in [1.82, 2.24) is 4.72 Å². The van der Waals surface area contributed by atoms with Crippen LogP contribution in [0.15, 0.2) is 0 Å². The summed E-state index contributed by atoms with van der Waals surface area (Å²) in [6.45, 7) is 4.34. The van der Waals surface area contributed by atoms with Crippen LogP contribution >= 0.6 is 0 Å². The summed E-state index contributed by atoms with van der Waals surface area (Å²) in [5, 5.41) is 0. The first-order valence-corrected chi connectivity index (χ1v) is 9.78. The molecule has 124 valence electrons. The predicted molar refractivity (Wildman–Crippen MR) is 79.0 cm³/mol. The maximum absolute atomic E-state index is 12.1. The minimum Gasteiger partial charge on any atom is -0.393 e. The van der Waals surface area contributed by atoms with E-state index in [9.17, 15) is 18.0 Å². The minimum atomic E-state index is -3.20. The molecule has 7 atom stereocenters. The molecule has 2 bridgehead atoms. The van der Waals surface area contributed by atoms with Crippen LogP contribution < -0.4 is 4.72 Å². The van der Waals surface area contributed by atoms with E-state index < -0.39 is 22.0 Å². The number of nitrogens with one attached hydrogen (secondary N) is 1. The Bertz CT molecular complexity index is 601. The molecule has 1 heterocycles. The van der Waals surface area contributed by atoms with Gasteiger partial charge in [-0.05, 0) is 42.4 Å². The third kappa shape index (κ3) is 2.58. The largest absolute Gasteiger partial charge is 0.393 e. The number of hydrogen-bond donors (Lipinski definition) is 1. The van der Waals surface area contributed by atoms with Crippen LogP contribution in [0.3, 0.4) is 0 Å². The Balaban J connectivity index is 1.77. The molecule has 7 unspecified atom stereocenters. The molecule has 0 spiro atoms. The first-order valence-electron chi connectivity index (χ1n) is 7.89. The van der Waals surface area contributed by atoms with Gasteiger partial charge in [-0.15, -0.1) is 0 Å². The molecule has 0 aromatic heterocycles. The molecule has 0 aromatic rings. The number of carbonyl (C=O) groups is 2. The molecule has 0 aromatic carbocycles. The molecular weight excluding hydrogens is 306 g/mol. The number of esters is 2. The molecule has 2 saturated carbocycles. The minimum absolute atomic E-state index is 0.124. The second-order valence-electron chi connectivity index (χ2n) is 7.27. The highest BCUT2D eigenvalue weighted by Gasteiger charge is 2.58. The fraction of sp³-hybridized carbons (Fsp3) is 0.867. The van der Waals surface area contributed by atoms with Crippen molar-refractivity contribution in [3.05, 3.63) is 0 Å². The molecule has 7 heteroatoms. The first-order chi connectivity index (χ1) is 10.2. The molecule has 1 aliphatic heterocycles. The van der Waals surface area contributed by atoms with E-state index in [0.29, 0.717) is 24.3 Å². The lowest BCUT2D eigenvalue weighted by atomic mass is 9.66. The third-order valence-corrected chi connectivity index (χ3v) is 6.73. The monoisotopic (exact) mass is 329 g/mol. The molecule has 22 heavy (non-hydrogen) atoms. The topological polar surface area (TPSA) is 89.5 Å². The molecule has 1 saturated heterocycles. The molecule has 6 nitrogen and oxygen atoms in total. The summed E-state index contributed by atoms with van der Waals surface area (Å²) >= 11 is 0. The number of sulfonamides is 1. The smallest absolute Gasteiger partial charge is 0.317 e. The number of carbonyl (C=O) groups excluding carboxylic acids is 2. The Morgan fingerprint density at radius 2 is 1.86 bits per heavy atom. The number of ether oxygens (including phenoxy) is 1. The van der Waals surface area contributed by atoms with Gasteiger partial charge in [0.1, 0.15) is 0 Å². The van der Waals surface area contributed by atoms with Gasteiger partial charge < -0.3 is 4.74 Å². The molecule has 1 N–H and O–H groups in total. The van der Waals surface area contributed by atoms with Crippen LogP contribution in [0.5, 0.6) is 0 Å². The van der Waals surface area contributed by atoms with Gasteiger partial charge in [0, 0.05) is 6.54 Å². The molecule has 0 radical (unpaired) electrons. The number of cyclic esters (lactones) is 2. The van der Waals surface area contributed by atoms with Crippen LogP contribution in [0, 0.1) is 41.4 Å². The summed E-state index contributed by atoms with van der Waals surface area (Å²) in [6.07, 6.45) is 3.18. The van der Waals surface area contributed by atoms with Crippen molar-refractivity contribution in [3.63, 3.8) is 0 Å². The Hall–Kier alpha value is -0.950. The second-order valence-corrected chi connectivity index (χ2v) is 9.10. The summed E-state index contributed by atoms with van der Waals surface area (Å²) in [4.78, 5) is 23.7. The maximum atomic E-state index is 12.1. The Kier molecular flexibility index (Phi) is 3.84. The van der Waals surface area contributed by atoms with Gasteiger partial charge in [-0.2, -0.15) is 0 Å². The normalized spacial score (nSPS) is 44.6. The van der Waals surface area contributed by atoms with E-state index in [0.717, 1.165) is 19.1 Å². The standard InChI is InChI=1S/C15H23NO5S/c1-7-9-4-10(6-16-22(3,19)20)11(5-9)12(7)13-8(2)14(17)21-15(13)18/h7-13,16H,4-6H2,1-3H3. The fourth-order valence-corrected chi connectivity index (χ4v) is 5.51. The highest BCUT2D eigenvalue weighted by molar-refractivity contribution is 7.88. The Labute approximate surface area is 131 Å². The molecule has 0 amide bonds. The van der Waals surface area contributed by atoms with Crippen molar-refractivity contribution >= 4 is 22.0 Å². The van der Waals surface area contributed by atoms with Gasteiger partial charge in [0.2, 0.25) is 10.0 Å². The van der Waals surface area contributed by atoms with Crippen molar-refractivity contribution in [2.45, 2.75) is 26.7 Å². The zero-order valence-corrected chi connectivity index (χ0v) is 13.9. The van der Waals surface area contributed by atoms with Crippen LogP contribution in [0.25, 0.3) is 0 Å². The lowest BCUT2D eigenvalue weighted by molar-refractivity contribution is -0.154. The number of hydrogen-bond acceptors (Lipinski definition) is 5. The molecule has 2 aliphatic carbocycles. The average Bonchev–Trinajstić information content (AvgIpc) is 3.01. The first kappa shape index (κ1) is 15.9. The summed E-state index contributed by atoms with van der Waals surface area (Å²) < 4.78 is 30.0. The van der Waals surface area contributed by atoms with Gasteiger partial charge in [-0.3, -0.25) is 9.59 Å². The SMILES string of the molecule is CC1C(=O)OC(=O)C1C1C(C)C2CC(CNS(C)(=O)=O)C1C2. The quantitative estimate of drug-likeness (QED) is 0.608. The molecule has 3 aliphatic rings.